The number of aliphatic carboxylic acids is 1. The molecule has 0 fully saturated rings. The minimum Gasteiger partial charge on any atom is -0.481 e. The summed E-state index contributed by atoms with van der Waals surface area (Å²) in [6, 6.07) is 9.43. The Bertz CT molecular complexity index is 823. The first-order chi connectivity index (χ1) is 15.1. The van der Waals surface area contributed by atoms with Crippen LogP contribution in [0.3, 0.4) is 0 Å². The molecule has 0 bridgehead atoms. The van der Waals surface area contributed by atoms with Crippen LogP contribution in [-0.4, -0.2) is 42.9 Å². The summed E-state index contributed by atoms with van der Waals surface area (Å²) in [4.78, 5) is 27.6. The first-order valence-electron chi connectivity index (χ1n) is 10.8. The molecule has 1 atom stereocenters. The molecule has 31 heavy (non-hydrogen) atoms. The van der Waals surface area contributed by atoms with Gasteiger partial charge in [-0.3, -0.25) is 9.59 Å². The number of hydrogen-bond donors (Lipinski definition) is 2. The molecule has 7 nitrogen and oxygen atoms in total. The second-order valence-corrected chi connectivity index (χ2v) is 8.32. The van der Waals surface area contributed by atoms with E-state index in [1.165, 1.54) is 31.2 Å². The summed E-state index contributed by atoms with van der Waals surface area (Å²) in [5.74, 6) is 0.174. The fourth-order valence-electron chi connectivity index (χ4n) is 2.98. The molecule has 0 aliphatic carbocycles. The lowest BCUT2D eigenvalue weighted by molar-refractivity contribution is -0.137. The molecule has 0 aliphatic rings. The quantitative estimate of drug-likeness (QED) is 0.305. The number of unbranched alkanes of at least 4 members (excludes halogenated alkanes) is 4. The SMILES string of the molecule is CCCCCC/C=C/CC(=O)NC(CCC(=O)O)CSn1cnc(-c2ccccc2)n1. The Morgan fingerprint density at radius 2 is 2.00 bits per heavy atom. The van der Waals surface area contributed by atoms with E-state index in [0.29, 0.717) is 24.4 Å². The number of aromatic nitrogens is 3. The van der Waals surface area contributed by atoms with Crippen molar-refractivity contribution in [1.29, 1.82) is 0 Å². The van der Waals surface area contributed by atoms with Gasteiger partial charge in [0.2, 0.25) is 5.91 Å². The molecule has 2 aromatic rings. The monoisotopic (exact) mass is 444 g/mol. The van der Waals surface area contributed by atoms with E-state index in [2.05, 4.69) is 28.4 Å². The molecule has 0 saturated heterocycles. The Hall–Kier alpha value is -2.61. The van der Waals surface area contributed by atoms with Gasteiger partial charge < -0.3 is 10.4 Å². The number of hydrogen-bond acceptors (Lipinski definition) is 5. The molecular weight excluding hydrogens is 412 g/mol. The average Bonchev–Trinajstić information content (AvgIpc) is 3.24. The second kappa shape index (κ2) is 14.4. The van der Waals surface area contributed by atoms with Crippen molar-refractivity contribution in [3.8, 4) is 11.4 Å². The van der Waals surface area contributed by atoms with E-state index in [1.54, 1.807) is 10.4 Å². The smallest absolute Gasteiger partial charge is 0.303 e. The second-order valence-electron chi connectivity index (χ2n) is 7.35. The summed E-state index contributed by atoms with van der Waals surface area (Å²) in [5, 5.41) is 16.4. The number of nitrogens with zero attached hydrogens (tertiary/aromatic N) is 3. The van der Waals surface area contributed by atoms with Crippen LogP contribution in [0.4, 0.5) is 0 Å². The maximum atomic E-state index is 12.3. The summed E-state index contributed by atoms with van der Waals surface area (Å²) in [5.41, 5.74) is 0.930. The Balaban J connectivity index is 1.81. The van der Waals surface area contributed by atoms with E-state index in [0.717, 1.165) is 18.4 Å². The average molecular weight is 445 g/mol. The molecular formula is C23H32N4O3S. The third-order valence-electron chi connectivity index (χ3n) is 4.68. The number of carboxylic acid groups (broad SMARTS) is 1. The standard InChI is InChI=1S/C23H32N4O3S/c1-2-3-4-5-6-7-11-14-21(28)25-20(15-16-22(29)30)17-31-27-18-24-23(26-27)19-12-9-8-10-13-19/h7-13,18,20H,2-6,14-17H2,1H3,(H,25,28)(H,29,30)/b11-7+. The van der Waals surface area contributed by atoms with E-state index in [-0.39, 0.29) is 18.4 Å². The maximum Gasteiger partial charge on any atom is 0.303 e. The van der Waals surface area contributed by atoms with Crippen molar-refractivity contribution in [3.05, 3.63) is 48.8 Å². The molecule has 2 rings (SSSR count). The van der Waals surface area contributed by atoms with Crippen LogP contribution in [0.15, 0.2) is 48.8 Å². The van der Waals surface area contributed by atoms with Gasteiger partial charge in [0.1, 0.15) is 6.33 Å². The van der Waals surface area contributed by atoms with Crippen molar-refractivity contribution in [2.45, 2.75) is 64.3 Å². The van der Waals surface area contributed by atoms with Crippen molar-refractivity contribution in [2.24, 2.45) is 0 Å². The highest BCUT2D eigenvalue weighted by Crippen LogP contribution is 2.16. The molecule has 0 aliphatic heterocycles. The van der Waals surface area contributed by atoms with Gasteiger partial charge in [0.25, 0.3) is 0 Å². The lowest BCUT2D eigenvalue weighted by atomic mass is 10.1. The first-order valence-corrected chi connectivity index (χ1v) is 11.8. The van der Waals surface area contributed by atoms with E-state index in [1.807, 2.05) is 36.4 Å². The van der Waals surface area contributed by atoms with Crippen LogP contribution in [0.5, 0.6) is 0 Å². The number of nitrogens with one attached hydrogen (secondary N) is 1. The highest BCUT2D eigenvalue weighted by Gasteiger charge is 2.15. The molecule has 1 amide bonds. The molecule has 0 spiro atoms. The lowest BCUT2D eigenvalue weighted by Gasteiger charge is -2.17. The number of benzene rings is 1. The van der Waals surface area contributed by atoms with E-state index in [4.69, 9.17) is 5.11 Å². The summed E-state index contributed by atoms with van der Waals surface area (Å²) in [6.45, 7) is 2.18. The highest BCUT2D eigenvalue weighted by atomic mass is 32.2. The zero-order chi connectivity index (χ0) is 22.3. The molecule has 0 saturated carbocycles. The summed E-state index contributed by atoms with van der Waals surface area (Å²) < 4.78 is 1.65. The number of rotatable bonds is 15. The van der Waals surface area contributed by atoms with Crippen molar-refractivity contribution in [3.63, 3.8) is 0 Å². The van der Waals surface area contributed by atoms with E-state index < -0.39 is 5.97 Å². The molecule has 1 aromatic carbocycles. The third kappa shape index (κ3) is 10.3. The van der Waals surface area contributed by atoms with Crippen LogP contribution in [0.2, 0.25) is 0 Å². The van der Waals surface area contributed by atoms with Gasteiger partial charge in [-0.2, -0.15) is 4.09 Å². The predicted octanol–water partition coefficient (Wildman–Crippen LogP) is 4.71. The zero-order valence-electron chi connectivity index (χ0n) is 18.1. The van der Waals surface area contributed by atoms with Crippen molar-refractivity contribution < 1.29 is 14.7 Å². The summed E-state index contributed by atoms with van der Waals surface area (Å²) in [7, 11) is 0. The number of carbonyl (C=O) groups excluding carboxylic acids is 1. The number of amides is 1. The van der Waals surface area contributed by atoms with Crippen molar-refractivity contribution in [2.75, 3.05) is 5.75 Å². The molecule has 2 N–H and O–H groups in total. The summed E-state index contributed by atoms with van der Waals surface area (Å²) >= 11 is 1.39. The Labute approximate surface area is 188 Å². The number of carboxylic acids is 1. The van der Waals surface area contributed by atoms with Gasteiger partial charge >= 0.3 is 5.97 Å². The normalized spacial score (nSPS) is 12.2. The van der Waals surface area contributed by atoms with Crippen LogP contribution in [0, 0.1) is 0 Å². The van der Waals surface area contributed by atoms with Gasteiger partial charge in [0, 0.05) is 30.2 Å². The van der Waals surface area contributed by atoms with Crippen LogP contribution in [0.1, 0.15) is 58.3 Å². The molecule has 8 heteroatoms. The topological polar surface area (TPSA) is 97.1 Å². The maximum absolute atomic E-state index is 12.3. The highest BCUT2D eigenvalue weighted by molar-refractivity contribution is 7.97. The fourth-order valence-corrected chi connectivity index (χ4v) is 3.81. The van der Waals surface area contributed by atoms with Crippen LogP contribution in [0.25, 0.3) is 11.4 Å². The summed E-state index contributed by atoms with van der Waals surface area (Å²) in [6.07, 6.45) is 12.1. The predicted molar refractivity (Wildman–Crippen MR) is 125 cm³/mol. The van der Waals surface area contributed by atoms with E-state index in [9.17, 15) is 9.59 Å². The Morgan fingerprint density at radius 1 is 1.19 bits per heavy atom. The Morgan fingerprint density at radius 3 is 2.74 bits per heavy atom. The molecule has 1 unspecified atom stereocenters. The fraction of sp³-hybridized carbons (Fsp3) is 0.478. The number of allylic oxidation sites excluding steroid dienone is 1. The molecule has 0 radical (unpaired) electrons. The molecule has 1 heterocycles. The lowest BCUT2D eigenvalue weighted by Crippen LogP contribution is -2.37. The zero-order valence-corrected chi connectivity index (χ0v) is 18.9. The largest absolute Gasteiger partial charge is 0.481 e. The molecule has 168 valence electrons. The number of carbonyl (C=O) groups is 2. The van der Waals surface area contributed by atoms with Gasteiger partial charge in [-0.25, -0.2) is 4.98 Å². The van der Waals surface area contributed by atoms with Gasteiger partial charge in [0.05, 0.1) is 0 Å². The molecule has 1 aromatic heterocycles. The van der Waals surface area contributed by atoms with Crippen LogP contribution >= 0.6 is 11.9 Å². The minimum atomic E-state index is -0.872. The van der Waals surface area contributed by atoms with Gasteiger partial charge in [0.15, 0.2) is 5.82 Å². The Kier molecular flexibility index (Phi) is 11.5. The first kappa shape index (κ1) is 24.7. The van der Waals surface area contributed by atoms with Crippen molar-refractivity contribution >= 4 is 23.8 Å². The van der Waals surface area contributed by atoms with Crippen LogP contribution in [-0.2, 0) is 9.59 Å². The van der Waals surface area contributed by atoms with Crippen LogP contribution < -0.4 is 5.32 Å². The van der Waals surface area contributed by atoms with Gasteiger partial charge in [-0.15, -0.1) is 5.10 Å². The van der Waals surface area contributed by atoms with Gasteiger partial charge in [-0.05, 0) is 31.2 Å². The third-order valence-corrected chi connectivity index (χ3v) is 5.67. The minimum absolute atomic E-state index is 0.00535. The van der Waals surface area contributed by atoms with E-state index >= 15 is 0 Å². The van der Waals surface area contributed by atoms with Crippen molar-refractivity contribution in [1.82, 2.24) is 19.5 Å². The van der Waals surface area contributed by atoms with Gasteiger partial charge in [-0.1, -0.05) is 68.7 Å².